The first kappa shape index (κ1) is 15.0. The highest BCUT2D eigenvalue weighted by Gasteiger charge is 2.35. The van der Waals surface area contributed by atoms with E-state index in [1.807, 2.05) is 0 Å². The molecular weight excluding hydrogens is 262 g/mol. The summed E-state index contributed by atoms with van der Waals surface area (Å²) in [7, 11) is 0. The van der Waals surface area contributed by atoms with Crippen LogP contribution in [0, 0.1) is 0 Å². The number of hydrogen-bond acceptors (Lipinski definition) is 3. The molecule has 0 aliphatic carbocycles. The van der Waals surface area contributed by atoms with E-state index in [2.05, 4.69) is 43.0 Å². The molecule has 1 N–H and O–H groups in total. The fraction of sp³-hybridized carbons (Fsp3) is 0.667. The van der Waals surface area contributed by atoms with E-state index in [0.717, 1.165) is 13.2 Å². The van der Waals surface area contributed by atoms with E-state index >= 15 is 0 Å². The van der Waals surface area contributed by atoms with Gasteiger partial charge in [-0.1, -0.05) is 38.1 Å². The van der Waals surface area contributed by atoms with Gasteiger partial charge in [0.15, 0.2) is 0 Å². The summed E-state index contributed by atoms with van der Waals surface area (Å²) >= 11 is 0. The van der Waals surface area contributed by atoms with Gasteiger partial charge in [0.2, 0.25) is 0 Å². The zero-order chi connectivity index (χ0) is 14.8. The van der Waals surface area contributed by atoms with Crippen molar-refractivity contribution in [2.24, 2.45) is 0 Å². The van der Waals surface area contributed by atoms with E-state index < -0.39 is 6.10 Å². The van der Waals surface area contributed by atoms with Crippen molar-refractivity contribution >= 4 is 0 Å². The SMILES string of the molecule is CC(C)c1ccc(CC(O)C2CN3CCCC3CO2)cc1. The minimum Gasteiger partial charge on any atom is -0.390 e. The van der Waals surface area contributed by atoms with E-state index in [4.69, 9.17) is 4.74 Å². The zero-order valence-corrected chi connectivity index (χ0v) is 13.2. The van der Waals surface area contributed by atoms with Gasteiger partial charge >= 0.3 is 0 Å². The average molecular weight is 289 g/mol. The van der Waals surface area contributed by atoms with Crippen LogP contribution in [-0.2, 0) is 11.2 Å². The molecule has 2 aliphatic rings. The van der Waals surface area contributed by atoms with Gasteiger partial charge in [-0.05, 0) is 36.4 Å². The van der Waals surface area contributed by atoms with Gasteiger partial charge in [0.1, 0.15) is 0 Å². The van der Waals surface area contributed by atoms with Crippen LogP contribution in [-0.4, -0.2) is 48.0 Å². The number of morpholine rings is 1. The van der Waals surface area contributed by atoms with E-state index in [0.29, 0.717) is 18.4 Å². The minimum atomic E-state index is -0.406. The molecule has 0 spiro atoms. The molecule has 3 rings (SSSR count). The predicted molar refractivity (Wildman–Crippen MR) is 84.6 cm³/mol. The van der Waals surface area contributed by atoms with Gasteiger partial charge in [0.25, 0.3) is 0 Å². The summed E-state index contributed by atoms with van der Waals surface area (Å²) in [6.07, 6.45) is 2.76. The van der Waals surface area contributed by atoms with Gasteiger partial charge < -0.3 is 9.84 Å². The molecule has 3 unspecified atom stereocenters. The number of nitrogens with zero attached hydrogens (tertiary/aromatic N) is 1. The first-order valence-electron chi connectivity index (χ1n) is 8.26. The van der Waals surface area contributed by atoms with Crippen LogP contribution in [0.2, 0.25) is 0 Å². The predicted octanol–water partition coefficient (Wildman–Crippen LogP) is 2.58. The summed E-state index contributed by atoms with van der Waals surface area (Å²) in [6.45, 7) is 7.24. The number of ether oxygens (including phenoxy) is 1. The molecule has 1 aromatic carbocycles. The summed E-state index contributed by atoms with van der Waals surface area (Å²) in [6, 6.07) is 9.22. The van der Waals surface area contributed by atoms with Gasteiger partial charge in [0.05, 0.1) is 18.8 Å². The normalized spacial score (nSPS) is 27.8. The van der Waals surface area contributed by atoms with Crippen LogP contribution in [0.5, 0.6) is 0 Å². The first-order chi connectivity index (χ1) is 10.1. The quantitative estimate of drug-likeness (QED) is 0.925. The second kappa shape index (κ2) is 6.47. The average Bonchev–Trinajstić information content (AvgIpc) is 2.95. The molecular formula is C18H27NO2. The third kappa shape index (κ3) is 3.47. The third-order valence-corrected chi connectivity index (χ3v) is 4.94. The zero-order valence-electron chi connectivity index (χ0n) is 13.2. The maximum Gasteiger partial charge on any atom is 0.0964 e. The molecule has 2 aliphatic heterocycles. The number of benzene rings is 1. The Bertz CT molecular complexity index is 457. The maximum atomic E-state index is 10.5. The van der Waals surface area contributed by atoms with Gasteiger partial charge in [0, 0.05) is 19.0 Å². The molecule has 0 radical (unpaired) electrons. The number of hydrogen-bond donors (Lipinski definition) is 1. The Morgan fingerprint density at radius 2 is 2.05 bits per heavy atom. The van der Waals surface area contributed by atoms with Crippen molar-refractivity contribution in [3.05, 3.63) is 35.4 Å². The van der Waals surface area contributed by atoms with Crippen LogP contribution in [0.15, 0.2) is 24.3 Å². The van der Waals surface area contributed by atoms with Gasteiger partial charge in [-0.15, -0.1) is 0 Å². The standard InChI is InChI=1S/C18H27NO2/c1-13(2)15-7-5-14(6-8-15)10-17(20)18-11-19-9-3-4-16(19)12-21-18/h5-8,13,16-18,20H,3-4,9-12H2,1-2H3. The molecule has 2 heterocycles. The highest BCUT2D eigenvalue weighted by atomic mass is 16.5. The van der Waals surface area contributed by atoms with Crippen LogP contribution >= 0.6 is 0 Å². The highest BCUT2D eigenvalue weighted by Crippen LogP contribution is 2.25. The molecule has 0 amide bonds. The van der Waals surface area contributed by atoms with Crippen LogP contribution < -0.4 is 0 Å². The Balaban J connectivity index is 1.57. The van der Waals surface area contributed by atoms with Gasteiger partial charge in [-0.3, -0.25) is 4.90 Å². The Hall–Kier alpha value is -0.900. The fourth-order valence-electron chi connectivity index (χ4n) is 3.49. The molecule has 2 saturated heterocycles. The second-order valence-corrected chi connectivity index (χ2v) is 6.83. The minimum absolute atomic E-state index is 0.0378. The van der Waals surface area contributed by atoms with Crippen molar-refractivity contribution in [2.75, 3.05) is 19.7 Å². The lowest BCUT2D eigenvalue weighted by molar-refractivity contribution is -0.101. The van der Waals surface area contributed by atoms with E-state index in [9.17, 15) is 5.11 Å². The number of rotatable bonds is 4. The van der Waals surface area contributed by atoms with E-state index in [1.165, 1.54) is 30.5 Å². The van der Waals surface area contributed by atoms with Gasteiger partial charge in [-0.25, -0.2) is 0 Å². The summed E-state index contributed by atoms with van der Waals surface area (Å²) in [5.74, 6) is 0.553. The van der Waals surface area contributed by atoms with Crippen molar-refractivity contribution in [3.63, 3.8) is 0 Å². The van der Waals surface area contributed by atoms with Crippen molar-refractivity contribution in [3.8, 4) is 0 Å². The Morgan fingerprint density at radius 3 is 2.76 bits per heavy atom. The Kier molecular flexibility index (Phi) is 4.63. The fourth-order valence-corrected chi connectivity index (χ4v) is 3.49. The molecule has 0 bridgehead atoms. The number of aliphatic hydroxyl groups excluding tert-OH is 1. The second-order valence-electron chi connectivity index (χ2n) is 6.83. The van der Waals surface area contributed by atoms with Crippen LogP contribution in [0.4, 0.5) is 0 Å². The van der Waals surface area contributed by atoms with Crippen LogP contribution in [0.25, 0.3) is 0 Å². The molecule has 1 aromatic rings. The Morgan fingerprint density at radius 1 is 1.29 bits per heavy atom. The molecule has 21 heavy (non-hydrogen) atoms. The smallest absolute Gasteiger partial charge is 0.0964 e. The monoisotopic (exact) mass is 289 g/mol. The van der Waals surface area contributed by atoms with Crippen molar-refractivity contribution in [1.82, 2.24) is 4.90 Å². The number of aliphatic hydroxyl groups is 1. The molecule has 0 saturated carbocycles. The largest absolute Gasteiger partial charge is 0.390 e. The van der Waals surface area contributed by atoms with Crippen molar-refractivity contribution in [2.45, 2.75) is 57.3 Å². The van der Waals surface area contributed by atoms with E-state index in [1.54, 1.807) is 0 Å². The highest BCUT2D eigenvalue weighted by molar-refractivity contribution is 5.25. The Labute approximate surface area is 127 Å². The third-order valence-electron chi connectivity index (χ3n) is 4.94. The maximum absolute atomic E-state index is 10.5. The molecule has 2 fully saturated rings. The summed E-state index contributed by atoms with van der Waals surface area (Å²) < 4.78 is 5.90. The summed E-state index contributed by atoms with van der Waals surface area (Å²) in [5, 5.41) is 10.5. The molecule has 0 aromatic heterocycles. The first-order valence-corrected chi connectivity index (χ1v) is 8.26. The van der Waals surface area contributed by atoms with Crippen molar-refractivity contribution < 1.29 is 9.84 Å². The topological polar surface area (TPSA) is 32.7 Å². The number of fused-ring (bicyclic) bond motifs is 1. The lowest BCUT2D eigenvalue weighted by atomic mass is 9.98. The molecule has 3 atom stereocenters. The van der Waals surface area contributed by atoms with Crippen LogP contribution in [0.3, 0.4) is 0 Å². The van der Waals surface area contributed by atoms with Crippen LogP contribution in [0.1, 0.15) is 43.7 Å². The lowest BCUT2D eigenvalue weighted by Gasteiger charge is -2.37. The van der Waals surface area contributed by atoms with Gasteiger partial charge in [-0.2, -0.15) is 0 Å². The molecule has 116 valence electrons. The van der Waals surface area contributed by atoms with Crippen molar-refractivity contribution in [1.29, 1.82) is 0 Å². The summed E-state index contributed by atoms with van der Waals surface area (Å²) in [5.41, 5.74) is 2.54. The molecule has 3 heteroatoms. The summed E-state index contributed by atoms with van der Waals surface area (Å²) in [4.78, 5) is 2.49. The molecule has 3 nitrogen and oxygen atoms in total. The lowest BCUT2D eigenvalue weighted by Crippen LogP contribution is -2.50. The van der Waals surface area contributed by atoms with E-state index in [-0.39, 0.29) is 6.10 Å².